The quantitative estimate of drug-likeness (QED) is 0.770. The van der Waals surface area contributed by atoms with E-state index in [1.54, 1.807) is 0 Å². The van der Waals surface area contributed by atoms with Crippen molar-refractivity contribution in [2.75, 3.05) is 26.2 Å². The minimum Gasteiger partial charge on any atom is -0.301 e. The van der Waals surface area contributed by atoms with E-state index in [-0.39, 0.29) is 0 Å². The highest BCUT2D eigenvalue weighted by molar-refractivity contribution is 4.87. The highest BCUT2D eigenvalue weighted by Gasteiger charge is 2.33. The molecule has 2 atom stereocenters. The average molecular weight is 266 g/mol. The number of piperazine rings is 1. The Morgan fingerprint density at radius 3 is 2.00 bits per heavy atom. The third kappa shape index (κ3) is 3.95. The second-order valence-electron chi connectivity index (χ2n) is 7.85. The first-order valence-corrected chi connectivity index (χ1v) is 8.39. The van der Waals surface area contributed by atoms with Crippen LogP contribution in [0.25, 0.3) is 0 Å². The molecule has 0 aromatic heterocycles. The number of nitrogens with zero attached hydrogens (tertiary/aromatic N) is 2. The summed E-state index contributed by atoms with van der Waals surface area (Å²) in [6.45, 7) is 17.1. The molecule has 0 aromatic carbocycles. The standard InChI is InChI=1S/C17H34N2/c1-6-18-11-14(2)19(15(3)12-18)13-16-7-9-17(4,5)10-8-16/h14-16H,6-13H2,1-5H3/t14-,15+. The first-order chi connectivity index (χ1) is 8.91. The Kier molecular flexibility index (Phi) is 4.94. The van der Waals surface area contributed by atoms with Gasteiger partial charge in [0.2, 0.25) is 0 Å². The van der Waals surface area contributed by atoms with Crippen molar-refractivity contribution in [3.8, 4) is 0 Å². The molecule has 2 fully saturated rings. The first-order valence-electron chi connectivity index (χ1n) is 8.39. The van der Waals surface area contributed by atoms with Gasteiger partial charge in [0.1, 0.15) is 0 Å². The van der Waals surface area contributed by atoms with E-state index in [4.69, 9.17) is 0 Å². The lowest BCUT2D eigenvalue weighted by Crippen LogP contribution is -2.57. The van der Waals surface area contributed by atoms with Crippen LogP contribution in [0.3, 0.4) is 0 Å². The van der Waals surface area contributed by atoms with Gasteiger partial charge in [-0.05, 0) is 57.4 Å². The maximum Gasteiger partial charge on any atom is 0.0198 e. The molecule has 0 radical (unpaired) electrons. The van der Waals surface area contributed by atoms with Crippen LogP contribution in [0.2, 0.25) is 0 Å². The minimum atomic E-state index is 0.606. The molecule has 0 bridgehead atoms. The van der Waals surface area contributed by atoms with Crippen molar-refractivity contribution < 1.29 is 0 Å². The van der Waals surface area contributed by atoms with Crippen molar-refractivity contribution >= 4 is 0 Å². The highest BCUT2D eigenvalue weighted by atomic mass is 15.3. The van der Waals surface area contributed by atoms with Crippen LogP contribution in [0.5, 0.6) is 0 Å². The van der Waals surface area contributed by atoms with Gasteiger partial charge in [0.15, 0.2) is 0 Å². The van der Waals surface area contributed by atoms with Crippen LogP contribution in [0.4, 0.5) is 0 Å². The van der Waals surface area contributed by atoms with Crippen LogP contribution >= 0.6 is 0 Å². The Balaban J connectivity index is 1.85. The van der Waals surface area contributed by atoms with E-state index in [1.165, 1.54) is 51.9 Å². The second kappa shape index (κ2) is 6.13. The van der Waals surface area contributed by atoms with Crippen molar-refractivity contribution in [3.63, 3.8) is 0 Å². The molecule has 0 spiro atoms. The smallest absolute Gasteiger partial charge is 0.0198 e. The van der Waals surface area contributed by atoms with Crippen LogP contribution in [-0.2, 0) is 0 Å². The van der Waals surface area contributed by atoms with Gasteiger partial charge in [-0.25, -0.2) is 0 Å². The van der Waals surface area contributed by atoms with Crippen molar-refractivity contribution in [2.45, 2.75) is 72.4 Å². The Hall–Kier alpha value is -0.0800. The molecule has 0 N–H and O–H groups in total. The SMILES string of the molecule is CCN1C[C@@H](C)N(CC2CCC(C)(C)CC2)[C@@H](C)C1. The zero-order valence-corrected chi connectivity index (χ0v) is 13.8. The number of hydrogen-bond acceptors (Lipinski definition) is 2. The maximum atomic E-state index is 2.79. The summed E-state index contributed by atoms with van der Waals surface area (Å²) < 4.78 is 0. The summed E-state index contributed by atoms with van der Waals surface area (Å²) in [4.78, 5) is 5.39. The molecule has 0 unspecified atom stereocenters. The van der Waals surface area contributed by atoms with Crippen molar-refractivity contribution in [1.29, 1.82) is 0 Å². The molecule has 0 amide bonds. The van der Waals surface area contributed by atoms with E-state index in [9.17, 15) is 0 Å². The summed E-state index contributed by atoms with van der Waals surface area (Å²) in [5.74, 6) is 0.950. The molecule has 0 aromatic rings. The lowest BCUT2D eigenvalue weighted by molar-refractivity contribution is 0.0198. The number of likely N-dealkylation sites (N-methyl/N-ethyl adjacent to an activating group) is 1. The predicted octanol–water partition coefficient (Wildman–Crippen LogP) is 3.62. The van der Waals surface area contributed by atoms with Gasteiger partial charge in [-0.1, -0.05) is 20.8 Å². The Morgan fingerprint density at radius 2 is 1.53 bits per heavy atom. The van der Waals surface area contributed by atoms with Gasteiger partial charge in [-0.3, -0.25) is 4.90 Å². The lowest BCUT2D eigenvalue weighted by Gasteiger charge is -2.46. The second-order valence-corrected chi connectivity index (χ2v) is 7.85. The summed E-state index contributed by atoms with van der Waals surface area (Å²) in [6.07, 6.45) is 5.74. The highest BCUT2D eigenvalue weighted by Crippen LogP contribution is 2.38. The van der Waals surface area contributed by atoms with Crippen LogP contribution in [0.1, 0.15) is 60.3 Å². The Morgan fingerprint density at radius 1 is 1.00 bits per heavy atom. The molecule has 1 aliphatic heterocycles. The maximum absolute atomic E-state index is 2.79. The minimum absolute atomic E-state index is 0.606. The largest absolute Gasteiger partial charge is 0.301 e. The molecule has 2 aliphatic rings. The molecule has 2 heteroatoms. The van der Waals surface area contributed by atoms with Gasteiger partial charge in [0.25, 0.3) is 0 Å². The van der Waals surface area contributed by atoms with Crippen molar-refractivity contribution in [3.05, 3.63) is 0 Å². The Bertz CT molecular complexity index is 265. The fourth-order valence-electron chi connectivity index (χ4n) is 4.02. The van der Waals surface area contributed by atoms with Gasteiger partial charge in [0, 0.05) is 31.7 Å². The molecular formula is C17H34N2. The molecule has 112 valence electrons. The fraction of sp³-hybridized carbons (Fsp3) is 1.00. The van der Waals surface area contributed by atoms with Crippen LogP contribution in [-0.4, -0.2) is 48.1 Å². The van der Waals surface area contributed by atoms with Gasteiger partial charge in [-0.15, -0.1) is 0 Å². The van der Waals surface area contributed by atoms with Gasteiger partial charge >= 0.3 is 0 Å². The van der Waals surface area contributed by atoms with Gasteiger partial charge < -0.3 is 4.90 Å². The van der Waals surface area contributed by atoms with Crippen LogP contribution in [0, 0.1) is 11.3 Å². The topological polar surface area (TPSA) is 6.48 Å². The third-order valence-corrected chi connectivity index (χ3v) is 5.55. The molecular weight excluding hydrogens is 232 g/mol. The summed E-state index contributed by atoms with van der Waals surface area (Å²) in [5.41, 5.74) is 0.606. The van der Waals surface area contributed by atoms with Crippen molar-refractivity contribution in [1.82, 2.24) is 9.80 Å². The normalized spacial score (nSPS) is 34.6. The van der Waals surface area contributed by atoms with Crippen LogP contribution < -0.4 is 0 Å². The van der Waals surface area contributed by atoms with E-state index in [1.807, 2.05) is 0 Å². The van der Waals surface area contributed by atoms with Crippen LogP contribution in [0.15, 0.2) is 0 Å². The van der Waals surface area contributed by atoms with E-state index in [2.05, 4.69) is 44.4 Å². The summed E-state index contributed by atoms with van der Waals surface area (Å²) in [7, 11) is 0. The van der Waals surface area contributed by atoms with E-state index >= 15 is 0 Å². The van der Waals surface area contributed by atoms with E-state index < -0.39 is 0 Å². The average Bonchev–Trinajstić information content (AvgIpc) is 2.35. The summed E-state index contributed by atoms with van der Waals surface area (Å²) in [6, 6.07) is 1.47. The Labute approximate surface area is 120 Å². The molecule has 1 saturated heterocycles. The van der Waals surface area contributed by atoms with Gasteiger partial charge in [-0.2, -0.15) is 0 Å². The zero-order chi connectivity index (χ0) is 14.0. The van der Waals surface area contributed by atoms with E-state index in [0.29, 0.717) is 5.41 Å². The summed E-state index contributed by atoms with van der Waals surface area (Å²) >= 11 is 0. The van der Waals surface area contributed by atoms with E-state index in [0.717, 1.165) is 18.0 Å². The molecule has 19 heavy (non-hydrogen) atoms. The zero-order valence-electron chi connectivity index (χ0n) is 13.8. The molecule has 1 saturated carbocycles. The number of hydrogen-bond donors (Lipinski definition) is 0. The monoisotopic (exact) mass is 266 g/mol. The molecule has 2 rings (SSSR count). The summed E-state index contributed by atoms with van der Waals surface area (Å²) in [5, 5.41) is 0. The lowest BCUT2D eigenvalue weighted by atomic mass is 9.73. The third-order valence-electron chi connectivity index (χ3n) is 5.55. The number of rotatable bonds is 3. The molecule has 2 nitrogen and oxygen atoms in total. The van der Waals surface area contributed by atoms with Gasteiger partial charge in [0.05, 0.1) is 0 Å². The predicted molar refractivity (Wildman–Crippen MR) is 83.5 cm³/mol. The molecule has 1 heterocycles. The van der Waals surface area contributed by atoms with Crippen molar-refractivity contribution in [2.24, 2.45) is 11.3 Å². The fourth-order valence-corrected chi connectivity index (χ4v) is 4.02. The first kappa shape index (κ1) is 15.3. The molecule has 1 aliphatic carbocycles.